The normalized spacial score (nSPS) is 11.7. The first kappa shape index (κ1) is 23.7. The molecule has 0 spiro atoms. The summed E-state index contributed by atoms with van der Waals surface area (Å²) in [6.45, 7) is 17.0. The Morgan fingerprint density at radius 3 is 1.83 bits per heavy atom. The maximum atomic E-state index is 2.22. The minimum Gasteiger partial charge on any atom is -0.0914 e. The van der Waals surface area contributed by atoms with Crippen molar-refractivity contribution in [1.82, 2.24) is 0 Å². The summed E-state index contributed by atoms with van der Waals surface area (Å²) >= 11 is 0. The SMILES string of the molecule is CC=C(C)c1ccccc1.CC=CC(C)CC.CCC=C(C)C. The van der Waals surface area contributed by atoms with Crippen LogP contribution in [0.2, 0.25) is 0 Å². The molecule has 0 heteroatoms. The molecule has 0 saturated heterocycles. The molecule has 130 valence electrons. The van der Waals surface area contributed by atoms with Crippen LogP contribution >= 0.6 is 0 Å². The van der Waals surface area contributed by atoms with E-state index in [1.807, 2.05) is 6.07 Å². The van der Waals surface area contributed by atoms with Crippen LogP contribution in [0.3, 0.4) is 0 Å². The zero-order valence-electron chi connectivity index (χ0n) is 16.7. The molecule has 0 N–H and O–H groups in total. The topological polar surface area (TPSA) is 0 Å². The van der Waals surface area contributed by atoms with Crippen LogP contribution in [0.4, 0.5) is 0 Å². The fraction of sp³-hybridized carbons (Fsp3) is 0.478. The maximum Gasteiger partial charge on any atom is -0.0231 e. The molecule has 1 aromatic carbocycles. The monoisotopic (exact) mass is 314 g/mol. The van der Waals surface area contributed by atoms with Crippen molar-refractivity contribution < 1.29 is 0 Å². The molecule has 0 radical (unpaired) electrons. The van der Waals surface area contributed by atoms with Crippen LogP contribution < -0.4 is 0 Å². The molecule has 0 saturated carbocycles. The molecule has 0 heterocycles. The Hall–Kier alpha value is -1.56. The van der Waals surface area contributed by atoms with Crippen molar-refractivity contribution in [2.75, 3.05) is 0 Å². The Balaban J connectivity index is 0. The maximum absolute atomic E-state index is 2.22. The summed E-state index contributed by atoms with van der Waals surface area (Å²) in [5.41, 5.74) is 4.06. The van der Waals surface area contributed by atoms with E-state index in [1.54, 1.807) is 0 Å². The van der Waals surface area contributed by atoms with Crippen molar-refractivity contribution in [2.45, 2.75) is 68.2 Å². The van der Waals surface area contributed by atoms with Crippen molar-refractivity contribution in [1.29, 1.82) is 0 Å². The Morgan fingerprint density at radius 1 is 1.00 bits per heavy atom. The Kier molecular flexibility index (Phi) is 17.3. The lowest BCUT2D eigenvalue weighted by Gasteiger charge is -1.97. The third kappa shape index (κ3) is 16.6. The van der Waals surface area contributed by atoms with E-state index in [-0.39, 0.29) is 0 Å². The van der Waals surface area contributed by atoms with Gasteiger partial charge >= 0.3 is 0 Å². The highest BCUT2D eigenvalue weighted by atomic mass is 13.9. The van der Waals surface area contributed by atoms with Gasteiger partial charge in [-0.1, -0.05) is 87.4 Å². The molecule has 0 nitrogen and oxygen atoms in total. The summed E-state index contributed by atoms with van der Waals surface area (Å²) in [7, 11) is 0. The van der Waals surface area contributed by atoms with Gasteiger partial charge in [0.25, 0.3) is 0 Å². The first-order valence-corrected chi connectivity index (χ1v) is 8.87. The first-order valence-electron chi connectivity index (χ1n) is 8.87. The Morgan fingerprint density at radius 2 is 1.57 bits per heavy atom. The minimum atomic E-state index is 0.769. The van der Waals surface area contributed by atoms with Crippen LogP contribution in [0.1, 0.15) is 73.8 Å². The molecule has 0 aliphatic heterocycles. The van der Waals surface area contributed by atoms with E-state index in [1.165, 1.54) is 29.6 Å². The molecule has 0 aliphatic carbocycles. The predicted molar refractivity (Wildman–Crippen MR) is 110 cm³/mol. The molecule has 0 fully saturated rings. The summed E-state index contributed by atoms with van der Waals surface area (Å²) in [6.07, 6.45) is 11.1. The van der Waals surface area contributed by atoms with Gasteiger partial charge in [0.1, 0.15) is 0 Å². The van der Waals surface area contributed by atoms with Gasteiger partial charge in [0.15, 0.2) is 0 Å². The molecule has 0 amide bonds. The third-order valence-corrected chi connectivity index (χ3v) is 3.44. The largest absolute Gasteiger partial charge is 0.0914 e. The smallest absolute Gasteiger partial charge is 0.0231 e. The van der Waals surface area contributed by atoms with E-state index < -0.39 is 0 Å². The van der Waals surface area contributed by atoms with Crippen LogP contribution in [0.5, 0.6) is 0 Å². The molecule has 0 aromatic heterocycles. The van der Waals surface area contributed by atoms with Crippen molar-refractivity contribution in [3.63, 3.8) is 0 Å². The average Bonchev–Trinajstić information content (AvgIpc) is 2.56. The second kappa shape index (κ2) is 16.8. The molecule has 1 unspecified atom stereocenters. The zero-order valence-corrected chi connectivity index (χ0v) is 16.7. The van der Waals surface area contributed by atoms with Gasteiger partial charge in [-0.2, -0.15) is 0 Å². The summed E-state index contributed by atoms with van der Waals surface area (Å²) in [6, 6.07) is 10.4. The number of rotatable bonds is 4. The van der Waals surface area contributed by atoms with E-state index in [2.05, 4.69) is 104 Å². The highest BCUT2D eigenvalue weighted by Gasteiger charge is 1.88. The quantitative estimate of drug-likeness (QED) is 0.493. The fourth-order valence-electron chi connectivity index (χ4n) is 1.74. The van der Waals surface area contributed by atoms with Gasteiger partial charge in [0, 0.05) is 0 Å². The van der Waals surface area contributed by atoms with Gasteiger partial charge in [0.05, 0.1) is 0 Å². The number of allylic oxidation sites excluding steroid dienone is 6. The molecule has 0 aliphatic rings. The highest BCUT2D eigenvalue weighted by Crippen LogP contribution is 2.11. The number of hydrogen-bond acceptors (Lipinski definition) is 0. The standard InChI is InChI=1S/C10H12.C7H14.C6H12/c1-3-9(2)10-7-5-4-6-8-10;1-4-6-7(3)5-2;1-4-5-6(2)3/h3-8H,1-2H3;4,6-7H,5H2,1-3H3;5H,4H2,1-3H3. The molecule has 1 atom stereocenters. The number of benzene rings is 1. The summed E-state index contributed by atoms with van der Waals surface area (Å²) in [4.78, 5) is 0. The zero-order chi connectivity index (χ0) is 18.1. The molecule has 1 aromatic rings. The van der Waals surface area contributed by atoms with E-state index in [4.69, 9.17) is 0 Å². The fourth-order valence-corrected chi connectivity index (χ4v) is 1.74. The van der Waals surface area contributed by atoms with E-state index in [0.29, 0.717) is 0 Å². The first-order chi connectivity index (χ1) is 10.9. The molecule has 1 rings (SSSR count). The Labute approximate surface area is 146 Å². The minimum absolute atomic E-state index is 0.769. The van der Waals surface area contributed by atoms with Crippen LogP contribution in [-0.2, 0) is 0 Å². The lowest BCUT2D eigenvalue weighted by molar-refractivity contribution is 0.697. The second-order valence-corrected chi connectivity index (χ2v) is 5.94. The lowest BCUT2D eigenvalue weighted by Crippen LogP contribution is -1.81. The molecular formula is C23H38. The van der Waals surface area contributed by atoms with Crippen LogP contribution in [0.15, 0.2) is 60.2 Å². The molecular weight excluding hydrogens is 276 g/mol. The molecule has 0 bridgehead atoms. The van der Waals surface area contributed by atoms with Gasteiger partial charge in [-0.25, -0.2) is 0 Å². The van der Waals surface area contributed by atoms with Gasteiger partial charge in [0.2, 0.25) is 0 Å². The van der Waals surface area contributed by atoms with Crippen molar-refractivity contribution in [3.05, 3.63) is 65.8 Å². The van der Waals surface area contributed by atoms with Crippen molar-refractivity contribution >= 4 is 5.57 Å². The van der Waals surface area contributed by atoms with Gasteiger partial charge in [-0.3, -0.25) is 0 Å². The second-order valence-electron chi connectivity index (χ2n) is 5.94. The summed E-state index contributed by atoms with van der Waals surface area (Å²) in [5.74, 6) is 0.769. The van der Waals surface area contributed by atoms with Crippen molar-refractivity contribution in [3.8, 4) is 0 Å². The van der Waals surface area contributed by atoms with E-state index in [9.17, 15) is 0 Å². The highest BCUT2D eigenvalue weighted by molar-refractivity contribution is 5.62. The van der Waals surface area contributed by atoms with Crippen LogP contribution in [-0.4, -0.2) is 0 Å². The van der Waals surface area contributed by atoms with Crippen molar-refractivity contribution in [2.24, 2.45) is 5.92 Å². The Bertz CT molecular complexity index is 442. The van der Waals surface area contributed by atoms with E-state index >= 15 is 0 Å². The summed E-state index contributed by atoms with van der Waals surface area (Å²) < 4.78 is 0. The van der Waals surface area contributed by atoms with E-state index in [0.717, 1.165) is 5.92 Å². The predicted octanol–water partition coefficient (Wildman–Crippen LogP) is 8.08. The molecule has 23 heavy (non-hydrogen) atoms. The summed E-state index contributed by atoms with van der Waals surface area (Å²) in [5, 5.41) is 0. The van der Waals surface area contributed by atoms with Gasteiger partial charge in [-0.15, -0.1) is 0 Å². The van der Waals surface area contributed by atoms with Crippen LogP contribution in [0, 0.1) is 5.92 Å². The van der Waals surface area contributed by atoms with Crippen LogP contribution in [0.25, 0.3) is 5.57 Å². The lowest BCUT2D eigenvalue weighted by atomic mass is 10.1. The van der Waals surface area contributed by atoms with Gasteiger partial charge < -0.3 is 0 Å². The third-order valence-electron chi connectivity index (χ3n) is 3.44. The average molecular weight is 315 g/mol. The number of hydrogen-bond donors (Lipinski definition) is 0. The van der Waals surface area contributed by atoms with Gasteiger partial charge in [-0.05, 0) is 58.1 Å².